The van der Waals surface area contributed by atoms with Gasteiger partial charge in [0, 0.05) is 6.42 Å². The third kappa shape index (κ3) is 5.95. The van der Waals surface area contributed by atoms with E-state index >= 15 is 0 Å². The zero-order valence-corrected chi connectivity index (χ0v) is 15.3. The molecule has 4 nitrogen and oxygen atoms in total. The predicted octanol–water partition coefficient (Wildman–Crippen LogP) is 4.06. The highest BCUT2D eigenvalue weighted by Crippen LogP contribution is 2.33. The molecule has 28 heavy (non-hydrogen) atoms. The van der Waals surface area contributed by atoms with Gasteiger partial charge < -0.3 is 14.8 Å². The lowest BCUT2D eigenvalue weighted by Crippen LogP contribution is -2.38. The van der Waals surface area contributed by atoms with Crippen molar-refractivity contribution in [1.82, 2.24) is 5.32 Å². The van der Waals surface area contributed by atoms with Crippen molar-refractivity contribution in [2.75, 3.05) is 13.7 Å². The molecular formula is C21H20F3NO3. The van der Waals surface area contributed by atoms with E-state index in [1.807, 2.05) is 0 Å². The zero-order chi connectivity index (χ0) is 20.6. The summed E-state index contributed by atoms with van der Waals surface area (Å²) in [7, 11) is 1.46. The summed E-state index contributed by atoms with van der Waals surface area (Å²) in [5.41, 5.74) is 0.711. The minimum atomic E-state index is -4.59. The molecular weight excluding hydrogens is 371 g/mol. The smallest absolute Gasteiger partial charge is 0.412 e. The van der Waals surface area contributed by atoms with E-state index in [-0.39, 0.29) is 25.0 Å². The molecule has 0 heterocycles. The number of alkyl halides is 3. The molecule has 1 atom stereocenters. The van der Waals surface area contributed by atoms with Gasteiger partial charge in [-0.15, -0.1) is 6.42 Å². The highest BCUT2D eigenvalue weighted by atomic mass is 19.4. The molecule has 0 spiro atoms. The van der Waals surface area contributed by atoms with Gasteiger partial charge in [0.05, 0.1) is 7.11 Å². The van der Waals surface area contributed by atoms with Crippen LogP contribution >= 0.6 is 0 Å². The normalized spacial score (nSPS) is 12.0. The van der Waals surface area contributed by atoms with Gasteiger partial charge in [-0.3, -0.25) is 4.79 Å². The van der Waals surface area contributed by atoms with E-state index < -0.39 is 18.1 Å². The van der Waals surface area contributed by atoms with Gasteiger partial charge in [0.25, 0.3) is 0 Å². The highest BCUT2D eigenvalue weighted by molar-refractivity contribution is 5.76. The first-order valence-corrected chi connectivity index (χ1v) is 8.49. The SMILES string of the molecule is C#CCOc1ccc(CCC(=O)NC(c2ccccc2)C(F)(F)F)cc1OC. The maximum absolute atomic E-state index is 13.3. The Kier molecular flexibility index (Phi) is 7.33. The summed E-state index contributed by atoms with van der Waals surface area (Å²) in [5.74, 6) is 2.54. The van der Waals surface area contributed by atoms with Crippen LogP contribution in [0.5, 0.6) is 11.5 Å². The van der Waals surface area contributed by atoms with Gasteiger partial charge in [-0.2, -0.15) is 13.2 Å². The third-order valence-electron chi connectivity index (χ3n) is 3.95. The first-order chi connectivity index (χ1) is 13.3. The van der Waals surface area contributed by atoms with Crippen LogP contribution in [0.2, 0.25) is 0 Å². The summed E-state index contributed by atoms with van der Waals surface area (Å²) >= 11 is 0. The number of hydrogen-bond acceptors (Lipinski definition) is 3. The lowest BCUT2D eigenvalue weighted by Gasteiger charge is -2.22. The summed E-state index contributed by atoms with van der Waals surface area (Å²) in [6, 6.07) is 10.2. The number of hydrogen-bond donors (Lipinski definition) is 1. The van der Waals surface area contributed by atoms with Gasteiger partial charge in [-0.05, 0) is 29.7 Å². The number of benzene rings is 2. The van der Waals surface area contributed by atoms with Gasteiger partial charge in [0.1, 0.15) is 6.61 Å². The maximum atomic E-state index is 13.3. The molecule has 148 valence electrons. The number of nitrogens with one attached hydrogen (secondary N) is 1. The topological polar surface area (TPSA) is 47.6 Å². The average molecular weight is 391 g/mol. The first-order valence-electron chi connectivity index (χ1n) is 8.49. The second-order valence-corrected chi connectivity index (χ2v) is 5.93. The van der Waals surface area contributed by atoms with E-state index in [2.05, 4.69) is 11.2 Å². The molecule has 2 aromatic carbocycles. The summed E-state index contributed by atoms with van der Waals surface area (Å²) in [4.78, 5) is 12.1. The van der Waals surface area contributed by atoms with E-state index in [4.69, 9.17) is 15.9 Å². The number of terminal acetylenes is 1. The second-order valence-electron chi connectivity index (χ2n) is 5.93. The minimum Gasteiger partial charge on any atom is -0.493 e. The Morgan fingerprint density at radius 2 is 1.89 bits per heavy atom. The van der Waals surface area contributed by atoms with Crippen molar-refractivity contribution < 1.29 is 27.4 Å². The number of methoxy groups -OCH3 is 1. The molecule has 0 radical (unpaired) electrons. The quantitative estimate of drug-likeness (QED) is 0.691. The van der Waals surface area contributed by atoms with Crippen LogP contribution in [0, 0.1) is 12.3 Å². The number of carbonyl (C=O) groups is 1. The molecule has 7 heteroatoms. The molecule has 0 aliphatic rings. The molecule has 2 rings (SSSR count). The predicted molar refractivity (Wildman–Crippen MR) is 99.0 cm³/mol. The van der Waals surface area contributed by atoms with Crippen LogP contribution in [0.1, 0.15) is 23.6 Å². The zero-order valence-electron chi connectivity index (χ0n) is 15.3. The van der Waals surface area contributed by atoms with Crippen LogP contribution in [-0.2, 0) is 11.2 Å². The number of aryl methyl sites for hydroxylation is 1. The van der Waals surface area contributed by atoms with E-state index in [9.17, 15) is 18.0 Å². The number of carbonyl (C=O) groups excluding carboxylic acids is 1. The lowest BCUT2D eigenvalue weighted by atomic mass is 10.1. The standard InChI is InChI=1S/C21H20F3NO3/c1-3-13-28-17-11-9-15(14-18(17)27-2)10-12-19(26)25-20(21(22,23)24)16-7-5-4-6-8-16/h1,4-9,11,14,20H,10,12-13H2,2H3,(H,25,26). The largest absolute Gasteiger partial charge is 0.493 e. The van der Waals surface area contributed by atoms with Crippen LogP contribution in [0.25, 0.3) is 0 Å². The molecule has 0 aromatic heterocycles. The van der Waals surface area contributed by atoms with Crippen LogP contribution < -0.4 is 14.8 Å². The molecule has 0 aliphatic carbocycles. The van der Waals surface area contributed by atoms with Gasteiger partial charge >= 0.3 is 6.18 Å². The Morgan fingerprint density at radius 3 is 2.50 bits per heavy atom. The molecule has 1 unspecified atom stereocenters. The van der Waals surface area contributed by atoms with Crippen molar-refractivity contribution in [2.45, 2.75) is 25.1 Å². The molecule has 0 saturated heterocycles. The van der Waals surface area contributed by atoms with Gasteiger partial charge in [-0.1, -0.05) is 42.3 Å². The van der Waals surface area contributed by atoms with Gasteiger partial charge in [0.15, 0.2) is 17.5 Å². The van der Waals surface area contributed by atoms with Crippen molar-refractivity contribution in [3.05, 3.63) is 59.7 Å². The Bertz CT molecular complexity index is 829. The Hall–Kier alpha value is -3.14. The Balaban J connectivity index is 2.02. The monoisotopic (exact) mass is 391 g/mol. The molecule has 2 aromatic rings. The molecule has 0 fully saturated rings. The summed E-state index contributed by atoms with van der Waals surface area (Å²) in [6.07, 6.45) is 0.707. The number of halogens is 3. The summed E-state index contributed by atoms with van der Waals surface area (Å²) in [5, 5.41) is 2.07. The number of ether oxygens (including phenoxy) is 2. The van der Waals surface area contributed by atoms with Crippen molar-refractivity contribution in [2.24, 2.45) is 0 Å². The fourth-order valence-corrected chi connectivity index (χ4v) is 2.60. The van der Waals surface area contributed by atoms with Crippen LogP contribution in [0.15, 0.2) is 48.5 Å². The van der Waals surface area contributed by atoms with Crippen LogP contribution in [0.3, 0.4) is 0 Å². The van der Waals surface area contributed by atoms with Gasteiger partial charge in [-0.25, -0.2) is 0 Å². The van der Waals surface area contributed by atoms with E-state index in [1.165, 1.54) is 31.4 Å². The molecule has 0 saturated carbocycles. The molecule has 1 N–H and O–H groups in total. The fraction of sp³-hybridized carbons (Fsp3) is 0.286. The second kappa shape index (κ2) is 9.70. The van der Waals surface area contributed by atoms with Crippen molar-refractivity contribution >= 4 is 5.91 Å². The Labute approximate surface area is 161 Å². The molecule has 1 amide bonds. The van der Waals surface area contributed by atoms with Crippen molar-refractivity contribution in [3.63, 3.8) is 0 Å². The first kappa shape index (κ1) is 21.2. The Morgan fingerprint density at radius 1 is 1.18 bits per heavy atom. The molecule has 0 bridgehead atoms. The van der Waals surface area contributed by atoms with E-state index in [0.29, 0.717) is 11.5 Å². The summed E-state index contributed by atoms with van der Waals surface area (Å²) in [6.45, 7) is 0.0798. The number of amides is 1. The lowest BCUT2D eigenvalue weighted by molar-refractivity contribution is -0.163. The van der Waals surface area contributed by atoms with Gasteiger partial charge in [0.2, 0.25) is 5.91 Å². The highest BCUT2D eigenvalue weighted by Gasteiger charge is 2.41. The molecule has 0 aliphatic heterocycles. The fourth-order valence-electron chi connectivity index (χ4n) is 2.60. The van der Waals surface area contributed by atoms with E-state index in [1.54, 1.807) is 24.3 Å². The van der Waals surface area contributed by atoms with Crippen molar-refractivity contribution in [1.29, 1.82) is 0 Å². The minimum absolute atomic E-state index is 0.0139. The average Bonchev–Trinajstić information content (AvgIpc) is 2.68. The maximum Gasteiger partial charge on any atom is 0.412 e. The van der Waals surface area contributed by atoms with Crippen molar-refractivity contribution in [3.8, 4) is 23.8 Å². The van der Waals surface area contributed by atoms with Crippen LogP contribution in [-0.4, -0.2) is 25.8 Å². The third-order valence-corrected chi connectivity index (χ3v) is 3.95. The summed E-state index contributed by atoms with van der Waals surface area (Å²) < 4.78 is 50.5. The number of rotatable bonds is 8. The van der Waals surface area contributed by atoms with Crippen LogP contribution in [0.4, 0.5) is 13.2 Å². The van der Waals surface area contributed by atoms with E-state index in [0.717, 1.165) is 5.56 Å².